The van der Waals surface area contributed by atoms with E-state index < -0.39 is 21.5 Å². The largest absolute Gasteiger partial charge is 0.501 e. The van der Waals surface area contributed by atoms with Crippen LogP contribution in [0.1, 0.15) is 6.42 Å². The Labute approximate surface area is 137 Å². The molecule has 1 fully saturated rings. The number of hydrogen-bond acceptors (Lipinski definition) is 6. The van der Waals surface area contributed by atoms with Crippen LogP contribution in [-0.2, 0) is 10.0 Å². The normalized spacial score (nSPS) is 16.8. The summed E-state index contributed by atoms with van der Waals surface area (Å²) in [6.07, 6.45) is 0.437. The number of nitrogens with zero attached hydrogens (tertiary/aromatic N) is 2. The molecule has 1 aromatic carbocycles. The standard InChI is InChI=1S/C16H14N2O5S/c19-13-14(20)16(18-8-3-9-24(18,21)22)23-15(13)12-7-6-10-4-1-2-5-11(10)17-12/h1-2,4-7,19-20H,3,8-9H2. The summed E-state index contributed by atoms with van der Waals surface area (Å²) in [6.45, 7) is 0.202. The van der Waals surface area contributed by atoms with Crippen LogP contribution in [-0.4, -0.2) is 35.9 Å². The highest BCUT2D eigenvalue weighted by Gasteiger charge is 2.35. The van der Waals surface area contributed by atoms with Gasteiger partial charge in [0, 0.05) is 11.9 Å². The maximum atomic E-state index is 12.0. The van der Waals surface area contributed by atoms with Gasteiger partial charge in [0.1, 0.15) is 5.69 Å². The zero-order chi connectivity index (χ0) is 16.9. The van der Waals surface area contributed by atoms with Crippen LogP contribution in [0.25, 0.3) is 22.4 Å². The van der Waals surface area contributed by atoms with Crippen molar-refractivity contribution in [2.75, 3.05) is 16.6 Å². The number of furan rings is 1. The van der Waals surface area contributed by atoms with Crippen LogP contribution >= 0.6 is 0 Å². The van der Waals surface area contributed by atoms with Crippen molar-refractivity contribution in [2.45, 2.75) is 6.42 Å². The fourth-order valence-corrected chi connectivity index (χ4v) is 4.30. The Balaban J connectivity index is 1.85. The van der Waals surface area contributed by atoms with E-state index in [1.165, 1.54) is 0 Å². The topological polar surface area (TPSA) is 104 Å². The molecule has 3 aromatic rings. The number of benzene rings is 1. The highest BCUT2D eigenvalue weighted by Crippen LogP contribution is 2.47. The molecule has 124 valence electrons. The van der Waals surface area contributed by atoms with Crippen LogP contribution < -0.4 is 4.31 Å². The summed E-state index contributed by atoms with van der Waals surface area (Å²) in [5.41, 5.74) is 1.00. The molecule has 4 rings (SSSR count). The van der Waals surface area contributed by atoms with Gasteiger partial charge in [-0.3, -0.25) is 0 Å². The second kappa shape index (κ2) is 5.13. The van der Waals surface area contributed by atoms with E-state index in [-0.39, 0.29) is 23.9 Å². The van der Waals surface area contributed by atoms with Gasteiger partial charge in [-0.25, -0.2) is 17.7 Å². The number of fused-ring (bicyclic) bond motifs is 1. The predicted octanol–water partition coefficient (Wildman–Crippen LogP) is 2.45. The summed E-state index contributed by atoms with van der Waals surface area (Å²) < 4.78 is 30.5. The third-order valence-electron chi connectivity index (χ3n) is 4.00. The number of aromatic hydroxyl groups is 2. The van der Waals surface area contributed by atoms with Gasteiger partial charge in [0.25, 0.3) is 5.88 Å². The Morgan fingerprint density at radius 2 is 1.88 bits per heavy atom. The van der Waals surface area contributed by atoms with Gasteiger partial charge in [-0.05, 0) is 18.6 Å². The summed E-state index contributed by atoms with van der Waals surface area (Å²) in [5, 5.41) is 21.2. The molecule has 0 unspecified atom stereocenters. The fraction of sp³-hybridized carbons (Fsp3) is 0.188. The lowest BCUT2D eigenvalue weighted by Crippen LogP contribution is -2.24. The van der Waals surface area contributed by atoms with Crippen molar-refractivity contribution in [1.82, 2.24) is 4.98 Å². The van der Waals surface area contributed by atoms with Gasteiger partial charge >= 0.3 is 0 Å². The number of rotatable bonds is 2. The average Bonchev–Trinajstić information content (AvgIpc) is 3.07. The number of aromatic nitrogens is 1. The van der Waals surface area contributed by atoms with Crippen LogP contribution in [0.2, 0.25) is 0 Å². The SMILES string of the molecule is O=S1(=O)CCCN1c1oc(-c2ccc3ccccc3n2)c(O)c1O. The summed E-state index contributed by atoms with van der Waals surface area (Å²) in [6, 6.07) is 10.9. The van der Waals surface area contributed by atoms with Crippen molar-refractivity contribution in [3.8, 4) is 23.0 Å². The highest BCUT2D eigenvalue weighted by molar-refractivity contribution is 7.93. The summed E-state index contributed by atoms with van der Waals surface area (Å²) in [7, 11) is -3.53. The molecule has 7 nitrogen and oxygen atoms in total. The van der Waals surface area contributed by atoms with Crippen molar-refractivity contribution in [1.29, 1.82) is 0 Å². The number of pyridine rings is 1. The molecule has 3 heterocycles. The Hall–Kier alpha value is -2.74. The molecular weight excluding hydrogens is 332 g/mol. The van der Waals surface area contributed by atoms with Crippen LogP contribution in [0.3, 0.4) is 0 Å². The Morgan fingerprint density at radius 3 is 2.62 bits per heavy atom. The van der Waals surface area contributed by atoms with Gasteiger partial charge < -0.3 is 14.6 Å². The minimum absolute atomic E-state index is 0.0164. The molecule has 8 heteroatoms. The predicted molar refractivity (Wildman–Crippen MR) is 88.5 cm³/mol. The van der Waals surface area contributed by atoms with Gasteiger partial charge in [0.2, 0.25) is 27.3 Å². The van der Waals surface area contributed by atoms with E-state index in [1.54, 1.807) is 6.07 Å². The van der Waals surface area contributed by atoms with Gasteiger partial charge in [-0.15, -0.1) is 0 Å². The zero-order valence-electron chi connectivity index (χ0n) is 12.5. The smallest absolute Gasteiger partial charge is 0.256 e. The van der Waals surface area contributed by atoms with Crippen LogP contribution in [0, 0.1) is 0 Å². The minimum atomic E-state index is -3.53. The molecule has 1 aliphatic rings. The molecular formula is C16H14N2O5S. The minimum Gasteiger partial charge on any atom is -0.501 e. The second-order valence-electron chi connectivity index (χ2n) is 5.56. The van der Waals surface area contributed by atoms with Gasteiger partial charge in [-0.2, -0.15) is 0 Å². The first-order valence-electron chi connectivity index (χ1n) is 7.39. The molecule has 0 saturated carbocycles. The van der Waals surface area contributed by atoms with Crippen molar-refractivity contribution in [3.63, 3.8) is 0 Å². The van der Waals surface area contributed by atoms with Gasteiger partial charge in [0.15, 0.2) is 0 Å². The number of anilines is 1. The maximum absolute atomic E-state index is 12.0. The molecule has 1 saturated heterocycles. The molecule has 0 amide bonds. The van der Waals surface area contributed by atoms with E-state index in [1.807, 2.05) is 30.3 Å². The fourth-order valence-electron chi connectivity index (χ4n) is 2.80. The molecule has 0 aliphatic carbocycles. The van der Waals surface area contributed by atoms with Crippen LogP contribution in [0.15, 0.2) is 40.8 Å². The summed E-state index contributed by atoms with van der Waals surface area (Å²) in [4.78, 5) is 4.39. The van der Waals surface area contributed by atoms with E-state index in [4.69, 9.17) is 4.42 Å². The lowest BCUT2D eigenvalue weighted by Gasteiger charge is -2.12. The second-order valence-corrected chi connectivity index (χ2v) is 7.58. The lowest BCUT2D eigenvalue weighted by atomic mass is 10.2. The average molecular weight is 346 g/mol. The Bertz CT molecular complexity index is 1040. The number of para-hydroxylation sites is 1. The Morgan fingerprint density at radius 1 is 1.08 bits per heavy atom. The number of hydrogen-bond donors (Lipinski definition) is 2. The Kier molecular flexibility index (Phi) is 3.17. The van der Waals surface area contributed by atoms with Crippen molar-refractivity contribution >= 4 is 26.8 Å². The van der Waals surface area contributed by atoms with Gasteiger partial charge in [0.05, 0.1) is 11.3 Å². The van der Waals surface area contributed by atoms with Crippen molar-refractivity contribution in [3.05, 3.63) is 36.4 Å². The van der Waals surface area contributed by atoms with Crippen molar-refractivity contribution in [2.24, 2.45) is 0 Å². The number of sulfonamides is 1. The van der Waals surface area contributed by atoms with Crippen LogP contribution in [0.5, 0.6) is 11.5 Å². The molecule has 1 aliphatic heterocycles. The summed E-state index contributed by atoms with van der Waals surface area (Å²) in [5.74, 6) is -1.46. The third kappa shape index (κ3) is 2.18. The highest BCUT2D eigenvalue weighted by atomic mass is 32.2. The maximum Gasteiger partial charge on any atom is 0.256 e. The van der Waals surface area contributed by atoms with Crippen LogP contribution in [0.4, 0.5) is 5.88 Å². The molecule has 0 spiro atoms. The van der Waals surface area contributed by atoms with E-state index in [9.17, 15) is 18.6 Å². The van der Waals surface area contributed by atoms with Gasteiger partial charge in [-0.1, -0.05) is 24.3 Å². The first-order chi connectivity index (χ1) is 11.5. The quantitative estimate of drug-likeness (QED) is 0.739. The first-order valence-corrected chi connectivity index (χ1v) is 8.99. The van der Waals surface area contributed by atoms with E-state index in [2.05, 4.69) is 4.98 Å². The van der Waals surface area contributed by atoms with E-state index in [0.29, 0.717) is 17.6 Å². The van der Waals surface area contributed by atoms with E-state index in [0.717, 1.165) is 9.69 Å². The third-order valence-corrected chi connectivity index (χ3v) is 5.82. The van der Waals surface area contributed by atoms with E-state index >= 15 is 0 Å². The molecule has 0 bridgehead atoms. The van der Waals surface area contributed by atoms with Crippen molar-refractivity contribution < 1.29 is 23.0 Å². The molecule has 2 N–H and O–H groups in total. The zero-order valence-corrected chi connectivity index (χ0v) is 13.3. The molecule has 24 heavy (non-hydrogen) atoms. The summed E-state index contributed by atoms with van der Waals surface area (Å²) >= 11 is 0. The monoisotopic (exact) mass is 346 g/mol. The first kappa shape index (κ1) is 14.8. The molecule has 2 aromatic heterocycles. The lowest BCUT2D eigenvalue weighted by molar-refractivity contribution is 0.409. The molecule has 0 radical (unpaired) electrons. The molecule has 0 atom stereocenters.